The first-order valence-corrected chi connectivity index (χ1v) is 7.11. The van der Waals surface area contributed by atoms with Gasteiger partial charge in [0.2, 0.25) is 0 Å². The van der Waals surface area contributed by atoms with Crippen LogP contribution in [0.15, 0.2) is 21.0 Å². The molecule has 17 heavy (non-hydrogen) atoms. The molecule has 0 spiro atoms. The molecule has 0 fully saturated rings. The molecular formula is C11H12BrClFNOS. The quantitative estimate of drug-likeness (QED) is 0.588. The van der Waals surface area contributed by atoms with Gasteiger partial charge in [-0.25, -0.2) is 8.60 Å². The first kappa shape index (κ1) is 14.8. The Hall–Kier alpha value is -0.260. The van der Waals surface area contributed by atoms with Crippen molar-refractivity contribution in [1.29, 1.82) is 0 Å². The second kappa shape index (κ2) is 5.59. The molecule has 1 aromatic rings. The maximum Gasteiger partial charge on any atom is 0.156 e. The molecule has 1 aromatic carbocycles. The third kappa shape index (κ3) is 3.86. The van der Waals surface area contributed by atoms with Gasteiger partial charge in [-0.2, -0.15) is 4.40 Å². The molecule has 1 unspecified atom stereocenters. The Morgan fingerprint density at radius 2 is 2.06 bits per heavy atom. The van der Waals surface area contributed by atoms with E-state index in [0.717, 1.165) is 0 Å². The third-order valence-electron chi connectivity index (χ3n) is 1.88. The Bertz CT molecular complexity index is 485. The molecule has 0 aliphatic carbocycles. The Morgan fingerprint density at radius 3 is 2.59 bits per heavy atom. The number of benzene rings is 1. The van der Waals surface area contributed by atoms with Crippen LogP contribution in [0.25, 0.3) is 0 Å². The highest BCUT2D eigenvalue weighted by Gasteiger charge is 2.18. The van der Waals surface area contributed by atoms with E-state index in [1.165, 1.54) is 12.3 Å². The van der Waals surface area contributed by atoms with Gasteiger partial charge >= 0.3 is 0 Å². The number of halogens is 3. The molecule has 0 aliphatic rings. The summed E-state index contributed by atoms with van der Waals surface area (Å²) in [6.45, 7) is 5.45. The first-order chi connectivity index (χ1) is 7.73. The van der Waals surface area contributed by atoms with Crippen LogP contribution in [0.3, 0.4) is 0 Å². The van der Waals surface area contributed by atoms with E-state index in [0.29, 0.717) is 5.56 Å². The molecule has 0 aromatic heterocycles. The summed E-state index contributed by atoms with van der Waals surface area (Å²) in [4.78, 5) is 0. The van der Waals surface area contributed by atoms with Gasteiger partial charge in [-0.3, -0.25) is 0 Å². The molecule has 0 bridgehead atoms. The summed E-state index contributed by atoms with van der Waals surface area (Å²) >= 11 is 8.69. The molecule has 2 nitrogen and oxygen atoms in total. The summed E-state index contributed by atoms with van der Waals surface area (Å²) in [5, 5.41) is 0.0333. The maximum absolute atomic E-state index is 13.4. The molecule has 0 N–H and O–H groups in total. The van der Waals surface area contributed by atoms with Crippen LogP contribution < -0.4 is 0 Å². The van der Waals surface area contributed by atoms with Crippen molar-refractivity contribution >= 4 is 44.7 Å². The lowest BCUT2D eigenvalue weighted by Gasteiger charge is -2.12. The molecule has 0 amide bonds. The molecule has 1 rings (SSSR count). The van der Waals surface area contributed by atoms with Crippen LogP contribution in [-0.4, -0.2) is 15.2 Å². The average Bonchev–Trinajstić information content (AvgIpc) is 2.23. The fourth-order valence-corrected chi connectivity index (χ4v) is 2.15. The maximum atomic E-state index is 13.4. The SMILES string of the molecule is CC(C)(C)S(=O)/N=C/c1ccc(Cl)c(F)c1Br. The predicted molar refractivity (Wildman–Crippen MR) is 74.6 cm³/mol. The van der Waals surface area contributed by atoms with Crippen molar-refractivity contribution < 1.29 is 8.60 Å². The van der Waals surface area contributed by atoms with Gasteiger partial charge < -0.3 is 0 Å². The summed E-state index contributed by atoms with van der Waals surface area (Å²) in [6.07, 6.45) is 1.38. The van der Waals surface area contributed by atoms with E-state index < -0.39 is 21.5 Å². The molecule has 0 saturated heterocycles. The summed E-state index contributed by atoms with van der Waals surface area (Å²) in [5.74, 6) is -0.544. The second-order valence-electron chi connectivity index (χ2n) is 4.36. The molecule has 1 atom stereocenters. The molecule has 0 aliphatic heterocycles. The largest absolute Gasteiger partial charge is 0.234 e. The first-order valence-electron chi connectivity index (χ1n) is 4.83. The number of hydrogen-bond donors (Lipinski definition) is 0. The fourth-order valence-electron chi connectivity index (χ4n) is 0.903. The van der Waals surface area contributed by atoms with Gasteiger partial charge in [0.15, 0.2) is 5.82 Å². The van der Waals surface area contributed by atoms with E-state index >= 15 is 0 Å². The van der Waals surface area contributed by atoms with Crippen LogP contribution in [0.4, 0.5) is 4.39 Å². The Labute approximate surface area is 116 Å². The lowest BCUT2D eigenvalue weighted by molar-refractivity contribution is 0.621. The molecular weight excluding hydrogens is 329 g/mol. The zero-order valence-corrected chi connectivity index (χ0v) is 12.8. The number of hydrogen-bond acceptors (Lipinski definition) is 1. The Kier molecular flexibility index (Phi) is 4.86. The lowest BCUT2D eigenvalue weighted by atomic mass is 10.2. The van der Waals surface area contributed by atoms with Gasteiger partial charge in [-0.15, -0.1) is 0 Å². The van der Waals surface area contributed by atoms with E-state index in [2.05, 4.69) is 20.3 Å². The van der Waals surface area contributed by atoms with Crippen molar-refractivity contribution in [3.63, 3.8) is 0 Å². The average molecular weight is 341 g/mol. The Balaban J connectivity index is 3.02. The van der Waals surface area contributed by atoms with E-state index in [1.54, 1.807) is 6.07 Å². The smallest absolute Gasteiger partial charge is 0.156 e. The minimum atomic E-state index is -1.36. The molecule has 0 radical (unpaired) electrons. The molecule has 0 saturated carbocycles. The minimum Gasteiger partial charge on any atom is -0.234 e. The summed E-state index contributed by atoms with van der Waals surface area (Å²) in [6, 6.07) is 3.04. The van der Waals surface area contributed by atoms with Gasteiger partial charge in [-0.1, -0.05) is 17.7 Å². The second-order valence-corrected chi connectivity index (χ2v) is 7.49. The fraction of sp³-hybridized carbons (Fsp3) is 0.364. The highest BCUT2D eigenvalue weighted by Crippen LogP contribution is 2.26. The zero-order chi connectivity index (χ0) is 13.2. The van der Waals surface area contributed by atoms with Crippen LogP contribution >= 0.6 is 27.5 Å². The molecule has 0 heterocycles. The normalized spacial score (nSPS) is 14.2. The Morgan fingerprint density at radius 1 is 1.47 bits per heavy atom. The van der Waals surface area contributed by atoms with Gasteiger partial charge in [0, 0.05) is 11.8 Å². The van der Waals surface area contributed by atoms with Crippen LogP contribution in [0.5, 0.6) is 0 Å². The van der Waals surface area contributed by atoms with Crippen LogP contribution in [0, 0.1) is 5.82 Å². The number of nitrogens with zero attached hydrogens (tertiary/aromatic N) is 1. The van der Waals surface area contributed by atoms with Crippen LogP contribution in [0.1, 0.15) is 26.3 Å². The zero-order valence-electron chi connectivity index (χ0n) is 9.63. The van der Waals surface area contributed by atoms with Gasteiger partial charge in [0.25, 0.3) is 0 Å². The van der Waals surface area contributed by atoms with Crippen molar-refractivity contribution in [1.82, 2.24) is 0 Å². The highest BCUT2D eigenvalue weighted by molar-refractivity contribution is 9.10. The molecule has 6 heteroatoms. The van der Waals surface area contributed by atoms with Crippen molar-refractivity contribution in [2.45, 2.75) is 25.5 Å². The van der Waals surface area contributed by atoms with Gasteiger partial charge in [-0.05, 0) is 42.8 Å². The van der Waals surface area contributed by atoms with Gasteiger partial charge in [0.05, 0.1) is 14.2 Å². The van der Waals surface area contributed by atoms with Gasteiger partial charge in [0.1, 0.15) is 11.0 Å². The summed E-state index contributed by atoms with van der Waals surface area (Å²) < 4.78 is 28.8. The van der Waals surface area contributed by atoms with Crippen molar-refractivity contribution in [3.05, 3.63) is 33.0 Å². The topological polar surface area (TPSA) is 29.4 Å². The standard InChI is InChI=1S/C11H12BrClFNOS/c1-11(2,3)17(16)15-6-7-4-5-8(13)10(14)9(7)12/h4-6H,1-3H3/b15-6+. The minimum absolute atomic E-state index is 0.0333. The van der Waals surface area contributed by atoms with Crippen LogP contribution in [0.2, 0.25) is 5.02 Å². The van der Waals surface area contributed by atoms with E-state index in [4.69, 9.17) is 11.6 Å². The van der Waals surface area contributed by atoms with E-state index in [9.17, 15) is 8.60 Å². The van der Waals surface area contributed by atoms with Crippen molar-refractivity contribution in [2.24, 2.45) is 4.40 Å². The number of rotatable bonds is 2. The molecule has 94 valence electrons. The van der Waals surface area contributed by atoms with Crippen molar-refractivity contribution in [2.75, 3.05) is 0 Å². The summed E-state index contributed by atoms with van der Waals surface area (Å²) in [5.41, 5.74) is 0.504. The predicted octanol–water partition coefficient (Wildman–Crippen LogP) is 4.12. The summed E-state index contributed by atoms with van der Waals surface area (Å²) in [7, 11) is -1.36. The monoisotopic (exact) mass is 339 g/mol. The van der Waals surface area contributed by atoms with E-state index in [1.807, 2.05) is 20.8 Å². The lowest BCUT2D eigenvalue weighted by Crippen LogP contribution is -2.19. The highest BCUT2D eigenvalue weighted by atomic mass is 79.9. The van der Waals surface area contributed by atoms with Crippen molar-refractivity contribution in [3.8, 4) is 0 Å². The van der Waals surface area contributed by atoms with Crippen LogP contribution in [-0.2, 0) is 11.0 Å². The van der Waals surface area contributed by atoms with E-state index in [-0.39, 0.29) is 9.50 Å². The third-order valence-corrected chi connectivity index (χ3v) is 4.32.